The van der Waals surface area contributed by atoms with Crippen LogP contribution in [0.25, 0.3) is 0 Å². The lowest BCUT2D eigenvalue weighted by molar-refractivity contribution is -0.186. The van der Waals surface area contributed by atoms with E-state index in [1.807, 2.05) is 0 Å². The molecular weight excluding hydrogens is 190 g/mol. The van der Waals surface area contributed by atoms with Gasteiger partial charge in [0.2, 0.25) is 0 Å². The maximum absolute atomic E-state index is 13.4. The van der Waals surface area contributed by atoms with Crippen molar-refractivity contribution in [2.24, 2.45) is 11.8 Å². The molecule has 0 aromatic heterocycles. The van der Waals surface area contributed by atoms with Crippen molar-refractivity contribution in [3.05, 3.63) is 0 Å². The predicted octanol–water partition coefficient (Wildman–Crippen LogP) is 2.18. The minimum atomic E-state index is -2.48. The summed E-state index contributed by atoms with van der Waals surface area (Å²) >= 11 is 0. The lowest BCUT2D eigenvalue weighted by atomic mass is 9.95. The Morgan fingerprint density at radius 2 is 1.57 bits per heavy atom. The van der Waals surface area contributed by atoms with Crippen LogP contribution < -0.4 is 0 Å². The number of rotatable bonds is 0. The van der Waals surface area contributed by atoms with Crippen molar-refractivity contribution in [1.82, 2.24) is 0 Å². The normalized spacial score (nSPS) is 43.3. The van der Waals surface area contributed by atoms with Crippen LogP contribution in [0.1, 0.15) is 25.7 Å². The van der Waals surface area contributed by atoms with E-state index in [1.54, 1.807) is 0 Å². The Balaban J connectivity index is 1.88. The number of fused-ring (bicyclic) bond motifs is 2. The molecule has 3 fully saturated rings. The highest BCUT2D eigenvalue weighted by molar-refractivity contribution is 5.03. The maximum atomic E-state index is 13.4. The Morgan fingerprint density at radius 3 is 2.29 bits per heavy atom. The molecule has 2 unspecified atom stereocenters. The van der Waals surface area contributed by atoms with E-state index in [9.17, 15) is 8.78 Å². The first-order chi connectivity index (χ1) is 6.64. The fourth-order valence-electron chi connectivity index (χ4n) is 3.34. The summed E-state index contributed by atoms with van der Waals surface area (Å²) in [5.41, 5.74) is 0. The molecule has 3 aliphatic rings. The topological polar surface area (TPSA) is 18.5 Å². The number of alkyl halides is 2. The van der Waals surface area contributed by atoms with Gasteiger partial charge in [-0.05, 0) is 12.8 Å². The highest BCUT2D eigenvalue weighted by atomic mass is 19.3. The van der Waals surface area contributed by atoms with Gasteiger partial charge in [-0.2, -0.15) is 0 Å². The second-order valence-electron chi connectivity index (χ2n) is 4.56. The van der Waals surface area contributed by atoms with Gasteiger partial charge in [0.25, 0.3) is 5.92 Å². The smallest absolute Gasteiger partial charge is 0.251 e. The number of hydrogen-bond acceptors (Lipinski definition) is 2. The summed E-state index contributed by atoms with van der Waals surface area (Å²) in [6, 6.07) is 0. The molecule has 0 aromatic rings. The van der Waals surface area contributed by atoms with E-state index in [4.69, 9.17) is 9.47 Å². The lowest BCUT2D eigenvalue weighted by Crippen LogP contribution is -2.36. The van der Waals surface area contributed by atoms with Crippen molar-refractivity contribution in [2.75, 3.05) is 13.2 Å². The molecule has 0 aromatic carbocycles. The summed E-state index contributed by atoms with van der Waals surface area (Å²) in [6.07, 6.45) is 1.77. The molecule has 1 heterocycles. The molecular formula is C10H14F2O2. The van der Waals surface area contributed by atoms with E-state index in [-0.39, 0.29) is 12.3 Å². The van der Waals surface area contributed by atoms with Crippen LogP contribution in [0.3, 0.4) is 0 Å². The van der Waals surface area contributed by atoms with Crippen LogP contribution in [0.2, 0.25) is 0 Å². The number of halogens is 2. The molecule has 1 spiro atoms. The molecule has 14 heavy (non-hydrogen) atoms. The summed E-state index contributed by atoms with van der Waals surface area (Å²) in [5, 5.41) is 0. The fourth-order valence-corrected chi connectivity index (χ4v) is 3.34. The van der Waals surface area contributed by atoms with Gasteiger partial charge in [-0.1, -0.05) is 0 Å². The van der Waals surface area contributed by atoms with Crippen LogP contribution in [0, 0.1) is 11.8 Å². The lowest BCUT2D eigenvalue weighted by Gasteiger charge is -2.28. The van der Waals surface area contributed by atoms with E-state index < -0.39 is 17.6 Å². The second-order valence-corrected chi connectivity index (χ2v) is 4.56. The van der Waals surface area contributed by atoms with Gasteiger partial charge in [0.1, 0.15) is 0 Å². The molecule has 2 atom stereocenters. The van der Waals surface area contributed by atoms with Gasteiger partial charge in [0, 0.05) is 24.7 Å². The fraction of sp³-hybridized carbons (Fsp3) is 1.00. The van der Waals surface area contributed by atoms with Crippen LogP contribution >= 0.6 is 0 Å². The van der Waals surface area contributed by atoms with E-state index >= 15 is 0 Å². The van der Waals surface area contributed by atoms with Crippen molar-refractivity contribution in [3.8, 4) is 0 Å². The standard InChI is InChI=1S/C10H14F2O2/c11-9(12)3-1-8-7(9)2-4-10(8)13-5-6-14-10/h7-8H,1-6H2. The molecule has 4 heteroatoms. The summed E-state index contributed by atoms with van der Waals surface area (Å²) < 4.78 is 38.0. The highest BCUT2D eigenvalue weighted by Crippen LogP contribution is 2.58. The highest BCUT2D eigenvalue weighted by Gasteiger charge is 2.63. The van der Waals surface area contributed by atoms with E-state index in [2.05, 4.69) is 0 Å². The Hall–Kier alpha value is -0.220. The van der Waals surface area contributed by atoms with Crippen LogP contribution in [0.15, 0.2) is 0 Å². The first-order valence-electron chi connectivity index (χ1n) is 5.30. The van der Waals surface area contributed by atoms with Gasteiger partial charge in [-0.25, -0.2) is 8.78 Å². The molecule has 1 aliphatic heterocycles. The van der Waals surface area contributed by atoms with Crippen LogP contribution in [0.5, 0.6) is 0 Å². The molecule has 0 bridgehead atoms. The summed E-state index contributed by atoms with van der Waals surface area (Å²) in [7, 11) is 0. The molecule has 0 amide bonds. The molecule has 3 rings (SSSR count). The first-order valence-corrected chi connectivity index (χ1v) is 5.30. The summed E-state index contributed by atoms with van der Waals surface area (Å²) in [5.74, 6) is -3.69. The summed E-state index contributed by atoms with van der Waals surface area (Å²) in [4.78, 5) is 0. The molecule has 80 valence electrons. The molecule has 0 radical (unpaired) electrons. The second kappa shape index (κ2) is 2.67. The third-order valence-electron chi connectivity index (χ3n) is 3.96. The minimum absolute atomic E-state index is 0.0107. The molecule has 1 saturated heterocycles. The van der Waals surface area contributed by atoms with Crippen molar-refractivity contribution >= 4 is 0 Å². The summed E-state index contributed by atoms with van der Waals surface area (Å²) in [6.45, 7) is 1.13. The van der Waals surface area contributed by atoms with Crippen molar-refractivity contribution in [2.45, 2.75) is 37.4 Å². The monoisotopic (exact) mass is 204 g/mol. The van der Waals surface area contributed by atoms with Crippen molar-refractivity contribution in [1.29, 1.82) is 0 Å². The van der Waals surface area contributed by atoms with Crippen molar-refractivity contribution in [3.63, 3.8) is 0 Å². The van der Waals surface area contributed by atoms with Gasteiger partial charge < -0.3 is 9.47 Å². The zero-order valence-electron chi connectivity index (χ0n) is 7.97. The van der Waals surface area contributed by atoms with E-state index in [0.717, 1.165) is 0 Å². The number of hydrogen-bond donors (Lipinski definition) is 0. The van der Waals surface area contributed by atoms with Crippen LogP contribution in [-0.4, -0.2) is 24.9 Å². The first kappa shape index (κ1) is 9.04. The molecule has 2 nitrogen and oxygen atoms in total. The maximum Gasteiger partial charge on any atom is 0.251 e. The van der Waals surface area contributed by atoms with Gasteiger partial charge in [0.15, 0.2) is 5.79 Å². The third kappa shape index (κ3) is 1.01. The van der Waals surface area contributed by atoms with Gasteiger partial charge in [0.05, 0.1) is 13.2 Å². The Morgan fingerprint density at radius 1 is 0.929 bits per heavy atom. The van der Waals surface area contributed by atoms with Crippen LogP contribution in [-0.2, 0) is 9.47 Å². The van der Waals surface area contributed by atoms with Gasteiger partial charge in [-0.3, -0.25) is 0 Å². The Kier molecular flexibility index (Phi) is 1.72. The largest absolute Gasteiger partial charge is 0.347 e. The average molecular weight is 204 g/mol. The van der Waals surface area contributed by atoms with Gasteiger partial charge in [-0.15, -0.1) is 0 Å². The van der Waals surface area contributed by atoms with Crippen LogP contribution in [0.4, 0.5) is 8.78 Å². The predicted molar refractivity (Wildman–Crippen MR) is 45.0 cm³/mol. The third-order valence-corrected chi connectivity index (χ3v) is 3.96. The van der Waals surface area contributed by atoms with E-state index in [0.29, 0.717) is 32.5 Å². The molecule has 0 N–H and O–H groups in total. The molecule has 2 saturated carbocycles. The van der Waals surface area contributed by atoms with Crippen molar-refractivity contribution < 1.29 is 18.3 Å². The SMILES string of the molecule is FC1(F)CCC2C1CCC21OCCO1. The van der Waals surface area contributed by atoms with E-state index in [1.165, 1.54) is 0 Å². The quantitative estimate of drug-likeness (QED) is 0.602. The zero-order valence-corrected chi connectivity index (χ0v) is 7.97. The Bertz CT molecular complexity index is 249. The van der Waals surface area contributed by atoms with Gasteiger partial charge >= 0.3 is 0 Å². The minimum Gasteiger partial charge on any atom is -0.347 e. The number of ether oxygens (including phenoxy) is 2. The zero-order chi connectivity index (χ0) is 9.81. The molecule has 2 aliphatic carbocycles. The average Bonchev–Trinajstić information content (AvgIpc) is 2.77. The Labute approximate surface area is 81.6 Å².